The summed E-state index contributed by atoms with van der Waals surface area (Å²) in [5, 5.41) is 3.23. The molecule has 52 valence electrons. The molecule has 1 N–H and O–H groups in total. The van der Waals surface area contributed by atoms with Gasteiger partial charge >= 0.3 is 0 Å². The number of hydrogen-bond acceptors (Lipinski definition) is 2. The predicted molar refractivity (Wildman–Crippen MR) is 39.7 cm³/mol. The van der Waals surface area contributed by atoms with Crippen LogP contribution in [0.3, 0.4) is 0 Å². The minimum Gasteiger partial charge on any atom is -0.306 e. The van der Waals surface area contributed by atoms with E-state index in [0.717, 1.165) is 6.54 Å². The zero-order valence-electron chi connectivity index (χ0n) is 5.96. The lowest BCUT2D eigenvalue weighted by atomic mass is 10.2. The van der Waals surface area contributed by atoms with Crippen LogP contribution >= 0.6 is 0 Å². The number of nitrogens with one attached hydrogen (secondary N) is 1. The fourth-order valence-corrected chi connectivity index (χ4v) is 1.11. The van der Waals surface area contributed by atoms with Crippen molar-refractivity contribution in [1.82, 2.24) is 10.3 Å². The Balaban J connectivity index is 2.39. The first kappa shape index (κ1) is 5.86. The highest BCUT2D eigenvalue weighted by Gasteiger charge is 2.24. The lowest BCUT2D eigenvalue weighted by Crippen LogP contribution is -1.92. The molecule has 1 saturated heterocycles. The first-order chi connectivity index (χ1) is 4.88. The Bertz CT molecular complexity index is 241. The molecule has 2 heteroatoms. The number of rotatable bonds is 1. The van der Waals surface area contributed by atoms with Crippen LogP contribution in [0.4, 0.5) is 0 Å². The van der Waals surface area contributed by atoms with Gasteiger partial charge in [-0.2, -0.15) is 0 Å². The van der Waals surface area contributed by atoms with Gasteiger partial charge in [0.2, 0.25) is 0 Å². The van der Waals surface area contributed by atoms with Crippen LogP contribution in [-0.2, 0) is 0 Å². The van der Waals surface area contributed by atoms with Crippen molar-refractivity contribution in [3.63, 3.8) is 0 Å². The van der Waals surface area contributed by atoms with Crippen molar-refractivity contribution >= 4 is 0 Å². The van der Waals surface area contributed by atoms with Crippen LogP contribution in [0.1, 0.15) is 17.3 Å². The average molecular weight is 134 g/mol. The molecule has 1 atom stereocenters. The highest BCUT2D eigenvalue weighted by atomic mass is 15.1. The predicted octanol–water partition coefficient (Wildman–Crippen LogP) is 1.03. The molecule has 2 nitrogen and oxygen atoms in total. The maximum atomic E-state index is 4.28. The maximum Gasteiger partial charge on any atom is 0.0625 e. The quantitative estimate of drug-likeness (QED) is 0.582. The molecule has 0 radical (unpaired) electrons. The van der Waals surface area contributed by atoms with Crippen molar-refractivity contribution in [2.45, 2.75) is 13.0 Å². The molecular formula is C8H10N2. The third-order valence-electron chi connectivity index (χ3n) is 1.79. The molecule has 0 amide bonds. The number of aromatic nitrogens is 1. The van der Waals surface area contributed by atoms with Crippen molar-refractivity contribution in [3.8, 4) is 0 Å². The fourth-order valence-electron chi connectivity index (χ4n) is 1.11. The third kappa shape index (κ3) is 0.907. The SMILES string of the molecule is Cc1cccnc1[C@@H]1CN1. The van der Waals surface area contributed by atoms with Gasteiger partial charge in [-0.15, -0.1) is 0 Å². The van der Waals surface area contributed by atoms with E-state index in [-0.39, 0.29) is 0 Å². The normalized spacial score (nSPS) is 22.7. The summed E-state index contributed by atoms with van der Waals surface area (Å²) < 4.78 is 0. The van der Waals surface area contributed by atoms with Crippen LogP contribution in [0.2, 0.25) is 0 Å². The molecule has 0 unspecified atom stereocenters. The van der Waals surface area contributed by atoms with E-state index in [4.69, 9.17) is 0 Å². The molecule has 1 aromatic heterocycles. The van der Waals surface area contributed by atoms with Crippen molar-refractivity contribution in [2.75, 3.05) is 6.54 Å². The van der Waals surface area contributed by atoms with E-state index in [1.165, 1.54) is 11.3 Å². The summed E-state index contributed by atoms with van der Waals surface area (Å²) >= 11 is 0. The first-order valence-corrected chi connectivity index (χ1v) is 3.53. The standard InChI is InChI=1S/C8H10N2/c1-6-3-2-4-9-8(6)7-5-10-7/h2-4,7,10H,5H2,1H3/t7-/m0/s1. The molecule has 1 fully saturated rings. The molecule has 0 bridgehead atoms. The molecule has 10 heavy (non-hydrogen) atoms. The van der Waals surface area contributed by atoms with E-state index in [1.807, 2.05) is 12.3 Å². The van der Waals surface area contributed by atoms with Gasteiger partial charge in [-0.3, -0.25) is 4.98 Å². The van der Waals surface area contributed by atoms with Gasteiger partial charge in [0.05, 0.1) is 11.7 Å². The van der Waals surface area contributed by atoms with E-state index in [0.29, 0.717) is 6.04 Å². The van der Waals surface area contributed by atoms with Crippen molar-refractivity contribution in [2.24, 2.45) is 0 Å². The van der Waals surface area contributed by atoms with E-state index in [1.54, 1.807) is 0 Å². The Kier molecular flexibility index (Phi) is 1.21. The summed E-state index contributed by atoms with van der Waals surface area (Å²) in [4.78, 5) is 4.28. The molecule has 1 aliphatic heterocycles. The van der Waals surface area contributed by atoms with Crippen LogP contribution < -0.4 is 5.32 Å². The van der Waals surface area contributed by atoms with Gasteiger partial charge < -0.3 is 5.32 Å². The summed E-state index contributed by atoms with van der Waals surface area (Å²) in [5.74, 6) is 0. The largest absolute Gasteiger partial charge is 0.306 e. The Morgan fingerprint density at radius 1 is 1.70 bits per heavy atom. The van der Waals surface area contributed by atoms with Gasteiger partial charge in [0.1, 0.15) is 0 Å². The minimum atomic E-state index is 0.543. The zero-order valence-corrected chi connectivity index (χ0v) is 5.96. The fraction of sp³-hybridized carbons (Fsp3) is 0.375. The summed E-state index contributed by atoms with van der Waals surface area (Å²) in [5.41, 5.74) is 2.50. The third-order valence-corrected chi connectivity index (χ3v) is 1.79. The molecule has 1 aromatic rings. The van der Waals surface area contributed by atoms with E-state index in [2.05, 4.69) is 23.3 Å². The van der Waals surface area contributed by atoms with E-state index >= 15 is 0 Å². The minimum absolute atomic E-state index is 0.543. The Hall–Kier alpha value is -0.890. The smallest absolute Gasteiger partial charge is 0.0625 e. The van der Waals surface area contributed by atoms with Gasteiger partial charge in [0, 0.05) is 12.7 Å². The monoisotopic (exact) mass is 134 g/mol. The van der Waals surface area contributed by atoms with Crippen LogP contribution in [0.25, 0.3) is 0 Å². The Morgan fingerprint density at radius 2 is 2.50 bits per heavy atom. The summed E-state index contributed by atoms with van der Waals surface area (Å²) in [6.07, 6.45) is 1.85. The van der Waals surface area contributed by atoms with Crippen LogP contribution in [0, 0.1) is 6.92 Å². The second kappa shape index (κ2) is 2.06. The summed E-state index contributed by atoms with van der Waals surface area (Å²) in [7, 11) is 0. The van der Waals surface area contributed by atoms with Gasteiger partial charge in [-0.1, -0.05) is 6.07 Å². The number of pyridine rings is 1. The van der Waals surface area contributed by atoms with Crippen LogP contribution in [0.15, 0.2) is 18.3 Å². The Morgan fingerprint density at radius 3 is 3.10 bits per heavy atom. The van der Waals surface area contributed by atoms with Crippen molar-refractivity contribution in [1.29, 1.82) is 0 Å². The van der Waals surface area contributed by atoms with E-state index in [9.17, 15) is 0 Å². The molecule has 2 heterocycles. The van der Waals surface area contributed by atoms with Gasteiger partial charge in [0.15, 0.2) is 0 Å². The van der Waals surface area contributed by atoms with Crippen molar-refractivity contribution in [3.05, 3.63) is 29.6 Å². The molecule has 2 rings (SSSR count). The molecule has 0 spiro atoms. The highest BCUT2D eigenvalue weighted by Crippen LogP contribution is 2.21. The summed E-state index contributed by atoms with van der Waals surface area (Å²) in [6.45, 7) is 3.19. The van der Waals surface area contributed by atoms with E-state index < -0.39 is 0 Å². The summed E-state index contributed by atoms with van der Waals surface area (Å²) in [6, 6.07) is 4.62. The van der Waals surface area contributed by atoms with Gasteiger partial charge in [-0.05, 0) is 18.6 Å². The lowest BCUT2D eigenvalue weighted by molar-refractivity contribution is 0.971. The number of nitrogens with zero attached hydrogens (tertiary/aromatic N) is 1. The second-order valence-electron chi connectivity index (χ2n) is 2.67. The van der Waals surface area contributed by atoms with Gasteiger partial charge in [-0.25, -0.2) is 0 Å². The molecular weight excluding hydrogens is 124 g/mol. The van der Waals surface area contributed by atoms with Crippen LogP contribution in [0.5, 0.6) is 0 Å². The number of hydrogen-bond donors (Lipinski definition) is 1. The first-order valence-electron chi connectivity index (χ1n) is 3.53. The molecule has 0 aliphatic carbocycles. The zero-order chi connectivity index (χ0) is 6.97. The highest BCUT2D eigenvalue weighted by molar-refractivity contribution is 5.24. The molecule has 0 aromatic carbocycles. The molecule has 1 aliphatic rings. The lowest BCUT2D eigenvalue weighted by Gasteiger charge is -1.98. The average Bonchev–Trinajstić information content (AvgIpc) is 2.71. The van der Waals surface area contributed by atoms with Crippen molar-refractivity contribution < 1.29 is 0 Å². The molecule has 0 saturated carbocycles. The number of aryl methyl sites for hydroxylation is 1. The Labute approximate surface area is 60.3 Å². The van der Waals surface area contributed by atoms with Gasteiger partial charge in [0.25, 0.3) is 0 Å². The van der Waals surface area contributed by atoms with Crippen LogP contribution in [-0.4, -0.2) is 11.5 Å². The second-order valence-corrected chi connectivity index (χ2v) is 2.67. The topological polar surface area (TPSA) is 34.8 Å². The maximum absolute atomic E-state index is 4.28.